The zero-order chi connectivity index (χ0) is 10.7. The molecule has 2 fully saturated rings. The lowest BCUT2D eigenvalue weighted by Gasteiger charge is -2.31. The molecule has 2 aliphatic rings. The Bertz CT molecular complexity index is 233. The lowest BCUT2D eigenvalue weighted by Crippen LogP contribution is -2.51. The Labute approximate surface area is 95.0 Å². The van der Waals surface area contributed by atoms with Gasteiger partial charge in [-0.05, 0) is 37.2 Å². The number of amides is 1. The van der Waals surface area contributed by atoms with Crippen molar-refractivity contribution in [3.63, 3.8) is 0 Å². The van der Waals surface area contributed by atoms with Crippen LogP contribution >= 0.6 is 11.8 Å². The van der Waals surface area contributed by atoms with Crippen LogP contribution in [0.3, 0.4) is 0 Å². The molecule has 1 heterocycles. The molecule has 0 aromatic carbocycles. The number of aliphatic hydroxyl groups is 1. The Balaban J connectivity index is 1.87. The number of hydrogen-bond acceptors (Lipinski definition) is 3. The van der Waals surface area contributed by atoms with Crippen LogP contribution in [0.15, 0.2) is 0 Å². The normalized spacial score (nSPS) is 26.5. The first kappa shape index (κ1) is 11.3. The minimum absolute atomic E-state index is 0.130. The SMILES string of the molecule is O=C(NC1CCCC1)C1(O)CCSCC1. The zero-order valence-electron chi connectivity index (χ0n) is 9.00. The standard InChI is InChI=1S/C11H19NO2S/c13-10(12-9-3-1-2-4-9)11(14)5-7-15-8-6-11/h9,14H,1-8H2,(H,12,13). The molecule has 0 atom stereocenters. The molecule has 1 amide bonds. The van der Waals surface area contributed by atoms with E-state index in [1.165, 1.54) is 12.8 Å². The van der Waals surface area contributed by atoms with Crippen LogP contribution in [0.25, 0.3) is 0 Å². The van der Waals surface area contributed by atoms with E-state index < -0.39 is 5.60 Å². The molecular weight excluding hydrogens is 210 g/mol. The number of hydrogen-bond donors (Lipinski definition) is 2. The monoisotopic (exact) mass is 229 g/mol. The Kier molecular flexibility index (Phi) is 3.57. The highest BCUT2D eigenvalue weighted by atomic mass is 32.2. The summed E-state index contributed by atoms with van der Waals surface area (Å²) in [6.07, 6.45) is 5.79. The average Bonchev–Trinajstić information content (AvgIpc) is 2.71. The zero-order valence-corrected chi connectivity index (χ0v) is 9.81. The lowest BCUT2D eigenvalue weighted by molar-refractivity contribution is -0.141. The minimum Gasteiger partial charge on any atom is -0.380 e. The maximum atomic E-state index is 11.9. The number of rotatable bonds is 2. The van der Waals surface area contributed by atoms with Gasteiger partial charge in [0.1, 0.15) is 5.60 Å². The molecule has 1 aliphatic heterocycles. The van der Waals surface area contributed by atoms with Gasteiger partial charge in [0, 0.05) is 6.04 Å². The quantitative estimate of drug-likeness (QED) is 0.750. The van der Waals surface area contributed by atoms with Gasteiger partial charge >= 0.3 is 0 Å². The third-order valence-electron chi connectivity index (χ3n) is 3.43. The van der Waals surface area contributed by atoms with Crippen molar-refractivity contribution in [1.82, 2.24) is 5.32 Å². The summed E-state index contributed by atoms with van der Waals surface area (Å²) in [5.74, 6) is 1.66. The Morgan fingerprint density at radius 3 is 2.47 bits per heavy atom. The molecule has 2 N–H and O–H groups in total. The van der Waals surface area contributed by atoms with Gasteiger partial charge in [-0.3, -0.25) is 4.79 Å². The molecule has 1 saturated heterocycles. The number of nitrogens with one attached hydrogen (secondary N) is 1. The summed E-state index contributed by atoms with van der Waals surface area (Å²) in [6.45, 7) is 0. The lowest BCUT2D eigenvalue weighted by atomic mass is 9.95. The fourth-order valence-corrected chi connectivity index (χ4v) is 3.49. The molecular formula is C11H19NO2S. The first-order valence-corrected chi connectivity index (χ1v) is 6.97. The Morgan fingerprint density at radius 1 is 1.27 bits per heavy atom. The third kappa shape index (κ3) is 2.67. The van der Waals surface area contributed by atoms with Gasteiger partial charge in [-0.2, -0.15) is 11.8 Å². The molecule has 0 aromatic heterocycles. The highest BCUT2D eigenvalue weighted by Crippen LogP contribution is 2.28. The van der Waals surface area contributed by atoms with E-state index in [0.29, 0.717) is 18.9 Å². The first-order chi connectivity index (χ1) is 7.21. The average molecular weight is 229 g/mol. The molecule has 0 aromatic rings. The van der Waals surface area contributed by atoms with Gasteiger partial charge in [0.05, 0.1) is 0 Å². The topological polar surface area (TPSA) is 49.3 Å². The second-order valence-electron chi connectivity index (χ2n) is 4.60. The summed E-state index contributed by atoms with van der Waals surface area (Å²) in [4.78, 5) is 11.9. The van der Waals surface area contributed by atoms with E-state index in [1.807, 2.05) is 11.8 Å². The van der Waals surface area contributed by atoms with Crippen LogP contribution < -0.4 is 5.32 Å². The second kappa shape index (κ2) is 4.74. The van der Waals surface area contributed by atoms with Gasteiger partial charge in [0.25, 0.3) is 5.91 Å². The second-order valence-corrected chi connectivity index (χ2v) is 5.82. The fourth-order valence-electron chi connectivity index (χ4n) is 2.33. The van der Waals surface area contributed by atoms with Crippen molar-refractivity contribution in [2.75, 3.05) is 11.5 Å². The van der Waals surface area contributed by atoms with Gasteiger partial charge in [0.2, 0.25) is 0 Å². The molecule has 15 heavy (non-hydrogen) atoms. The third-order valence-corrected chi connectivity index (χ3v) is 4.42. The summed E-state index contributed by atoms with van der Waals surface area (Å²) in [6, 6.07) is 0.316. The summed E-state index contributed by atoms with van der Waals surface area (Å²) < 4.78 is 0. The number of thioether (sulfide) groups is 1. The Morgan fingerprint density at radius 2 is 1.87 bits per heavy atom. The van der Waals surface area contributed by atoms with Gasteiger partial charge in [0.15, 0.2) is 0 Å². The van der Waals surface area contributed by atoms with E-state index in [-0.39, 0.29) is 5.91 Å². The largest absolute Gasteiger partial charge is 0.380 e. The van der Waals surface area contributed by atoms with E-state index >= 15 is 0 Å². The molecule has 3 nitrogen and oxygen atoms in total. The molecule has 86 valence electrons. The van der Waals surface area contributed by atoms with Crippen LogP contribution in [0.2, 0.25) is 0 Å². The highest BCUT2D eigenvalue weighted by molar-refractivity contribution is 7.99. The maximum Gasteiger partial charge on any atom is 0.252 e. The molecule has 4 heteroatoms. The van der Waals surface area contributed by atoms with Crippen molar-refractivity contribution in [2.24, 2.45) is 0 Å². The van der Waals surface area contributed by atoms with Crippen LogP contribution in [0.5, 0.6) is 0 Å². The van der Waals surface area contributed by atoms with Crippen LogP contribution in [0.1, 0.15) is 38.5 Å². The molecule has 1 aliphatic carbocycles. The predicted octanol–water partition coefficient (Wildman–Crippen LogP) is 1.30. The molecule has 0 bridgehead atoms. The molecule has 0 radical (unpaired) electrons. The van der Waals surface area contributed by atoms with E-state index in [4.69, 9.17) is 0 Å². The molecule has 0 unspecified atom stereocenters. The molecule has 1 saturated carbocycles. The summed E-state index contributed by atoms with van der Waals surface area (Å²) >= 11 is 1.82. The van der Waals surface area contributed by atoms with Crippen molar-refractivity contribution in [1.29, 1.82) is 0 Å². The number of carbonyl (C=O) groups is 1. The van der Waals surface area contributed by atoms with Crippen molar-refractivity contribution >= 4 is 17.7 Å². The summed E-state index contributed by atoms with van der Waals surface area (Å²) in [5.41, 5.74) is -1.08. The van der Waals surface area contributed by atoms with Crippen molar-refractivity contribution < 1.29 is 9.90 Å². The van der Waals surface area contributed by atoms with Crippen molar-refractivity contribution in [3.05, 3.63) is 0 Å². The first-order valence-electron chi connectivity index (χ1n) is 5.82. The smallest absolute Gasteiger partial charge is 0.252 e. The van der Waals surface area contributed by atoms with E-state index in [0.717, 1.165) is 24.3 Å². The van der Waals surface area contributed by atoms with Crippen molar-refractivity contribution in [2.45, 2.75) is 50.2 Å². The molecule has 2 rings (SSSR count). The van der Waals surface area contributed by atoms with Crippen LogP contribution in [-0.2, 0) is 4.79 Å². The van der Waals surface area contributed by atoms with E-state index in [1.54, 1.807) is 0 Å². The van der Waals surface area contributed by atoms with Crippen LogP contribution in [0.4, 0.5) is 0 Å². The predicted molar refractivity (Wildman–Crippen MR) is 61.9 cm³/mol. The van der Waals surface area contributed by atoms with E-state index in [2.05, 4.69) is 5.32 Å². The maximum absolute atomic E-state index is 11.9. The van der Waals surface area contributed by atoms with Crippen molar-refractivity contribution in [3.8, 4) is 0 Å². The molecule has 0 spiro atoms. The van der Waals surface area contributed by atoms with Gasteiger partial charge in [-0.15, -0.1) is 0 Å². The number of carbonyl (C=O) groups excluding carboxylic acids is 1. The minimum atomic E-state index is -1.08. The van der Waals surface area contributed by atoms with Crippen LogP contribution in [0, 0.1) is 0 Å². The van der Waals surface area contributed by atoms with Gasteiger partial charge in [-0.25, -0.2) is 0 Å². The van der Waals surface area contributed by atoms with Crippen LogP contribution in [-0.4, -0.2) is 34.2 Å². The summed E-state index contributed by atoms with van der Waals surface area (Å²) in [5, 5.41) is 13.2. The Hall–Kier alpha value is -0.220. The summed E-state index contributed by atoms with van der Waals surface area (Å²) in [7, 11) is 0. The van der Waals surface area contributed by atoms with Gasteiger partial charge < -0.3 is 10.4 Å². The van der Waals surface area contributed by atoms with Gasteiger partial charge in [-0.1, -0.05) is 12.8 Å². The highest BCUT2D eigenvalue weighted by Gasteiger charge is 2.38. The van der Waals surface area contributed by atoms with E-state index in [9.17, 15) is 9.90 Å². The fraction of sp³-hybridized carbons (Fsp3) is 0.909.